The van der Waals surface area contributed by atoms with Crippen LogP contribution in [0.15, 0.2) is 28.1 Å². The minimum atomic E-state index is 0.437. The van der Waals surface area contributed by atoms with Crippen molar-refractivity contribution in [2.75, 3.05) is 13.7 Å². The highest BCUT2D eigenvalue weighted by Crippen LogP contribution is 2.33. The zero-order chi connectivity index (χ0) is 13.2. The summed E-state index contributed by atoms with van der Waals surface area (Å²) in [4.78, 5) is 4.75. The van der Waals surface area contributed by atoms with Crippen molar-refractivity contribution in [2.24, 2.45) is 0 Å². The summed E-state index contributed by atoms with van der Waals surface area (Å²) >= 11 is 5.22. The molecule has 1 saturated heterocycles. The molecule has 0 spiro atoms. The first kappa shape index (κ1) is 13.1. The molecule has 0 bridgehead atoms. The molecule has 0 amide bonds. The molecule has 1 aliphatic rings. The van der Waals surface area contributed by atoms with Gasteiger partial charge in [-0.3, -0.25) is 0 Å². The molecule has 2 heterocycles. The normalized spacial score (nSPS) is 18.7. The minimum Gasteiger partial charge on any atom is -0.496 e. The van der Waals surface area contributed by atoms with E-state index in [1.54, 1.807) is 18.4 Å². The lowest BCUT2D eigenvalue weighted by atomic mass is 10.2. The smallest absolute Gasteiger partial charge is 0.133 e. The van der Waals surface area contributed by atoms with Crippen molar-refractivity contribution in [3.8, 4) is 16.3 Å². The molecule has 5 heteroatoms. The Balaban J connectivity index is 1.87. The van der Waals surface area contributed by atoms with E-state index in [4.69, 9.17) is 9.72 Å². The highest BCUT2D eigenvalue weighted by molar-refractivity contribution is 9.10. The Kier molecular flexibility index (Phi) is 3.86. The number of hydrogen-bond acceptors (Lipinski definition) is 4. The zero-order valence-electron chi connectivity index (χ0n) is 10.6. The summed E-state index contributed by atoms with van der Waals surface area (Å²) in [6, 6.07) is 6.51. The van der Waals surface area contributed by atoms with Crippen LogP contribution in [-0.2, 0) is 0 Å². The van der Waals surface area contributed by atoms with Gasteiger partial charge in [0.25, 0.3) is 0 Å². The number of methoxy groups -OCH3 is 1. The van der Waals surface area contributed by atoms with E-state index in [1.165, 1.54) is 18.5 Å². The maximum Gasteiger partial charge on any atom is 0.133 e. The van der Waals surface area contributed by atoms with Crippen molar-refractivity contribution in [2.45, 2.75) is 18.9 Å². The Morgan fingerprint density at radius 3 is 3.05 bits per heavy atom. The van der Waals surface area contributed by atoms with Gasteiger partial charge in [0.2, 0.25) is 0 Å². The van der Waals surface area contributed by atoms with Crippen LogP contribution in [0.25, 0.3) is 10.6 Å². The Hall–Kier alpha value is -0.910. The van der Waals surface area contributed by atoms with Crippen LogP contribution >= 0.6 is 27.3 Å². The van der Waals surface area contributed by atoms with Crippen molar-refractivity contribution in [1.29, 1.82) is 0 Å². The topological polar surface area (TPSA) is 34.1 Å². The maximum absolute atomic E-state index is 5.25. The fraction of sp³-hybridized carbons (Fsp3) is 0.357. The average Bonchev–Trinajstić information content (AvgIpc) is 3.09. The van der Waals surface area contributed by atoms with E-state index in [-0.39, 0.29) is 0 Å². The molecule has 0 aliphatic carbocycles. The van der Waals surface area contributed by atoms with Crippen molar-refractivity contribution in [1.82, 2.24) is 10.3 Å². The van der Waals surface area contributed by atoms with Gasteiger partial charge < -0.3 is 10.1 Å². The number of halogens is 1. The highest BCUT2D eigenvalue weighted by atomic mass is 79.9. The molecular weight excluding hydrogens is 324 g/mol. The standard InChI is InChI=1S/C14H15BrN2OS/c1-18-13-5-4-9(7-10(13)15)14-17-12(8-19-14)11-3-2-6-16-11/h4-5,7-8,11,16H,2-3,6H2,1H3. The monoisotopic (exact) mass is 338 g/mol. The van der Waals surface area contributed by atoms with Gasteiger partial charge in [0.15, 0.2) is 0 Å². The molecule has 1 unspecified atom stereocenters. The van der Waals surface area contributed by atoms with Crippen LogP contribution in [0, 0.1) is 0 Å². The second-order valence-electron chi connectivity index (χ2n) is 4.58. The molecule has 1 aliphatic heterocycles. The van der Waals surface area contributed by atoms with Crippen molar-refractivity contribution in [3.63, 3.8) is 0 Å². The Bertz CT molecular complexity index is 579. The molecule has 1 atom stereocenters. The SMILES string of the molecule is COc1ccc(-c2nc(C3CCCN3)cs2)cc1Br. The van der Waals surface area contributed by atoms with Gasteiger partial charge in [-0.25, -0.2) is 4.98 Å². The van der Waals surface area contributed by atoms with Gasteiger partial charge in [-0.05, 0) is 53.5 Å². The number of ether oxygens (including phenoxy) is 1. The van der Waals surface area contributed by atoms with Crippen molar-refractivity contribution in [3.05, 3.63) is 33.7 Å². The molecule has 1 N–H and O–H groups in total. The summed E-state index contributed by atoms with van der Waals surface area (Å²) in [6.07, 6.45) is 2.43. The third-order valence-corrected chi connectivity index (χ3v) is 4.87. The lowest BCUT2D eigenvalue weighted by molar-refractivity contribution is 0.412. The quantitative estimate of drug-likeness (QED) is 0.918. The first-order valence-corrected chi connectivity index (χ1v) is 7.98. The lowest BCUT2D eigenvalue weighted by Gasteiger charge is -2.06. The molecule has 1 aromatic heterocycles. The Morgan fingerprint density at radius 2 is 2.37 bits per heavy atom. The second kappa shape index (κ2) is 5.61. The summed E-state index contributed by atoms with van der Waals surface area (Å²) in [5.74, 6) is 0.845. The lowest BCUT2D eigenvalue weighted by Crippen LogP contribution is -2.12. The van der Waals surface area contributed by atoms with E-state index in [9.17, 15) is 0 Å². The van der Waals surface area contributed by atoms with Crippen LogP contribution in [0.1, 0.15) is 24.6 Å². The number of benzene rings is 1. The van der Waals surface area contributed by atoms with Crippen LogP contribution in [0.4, 0.5) is 0 Å². The minimum absolute atomic E-state index is 0.437. The number of nitrogens with zero attached hydrogens (tertiary/aromatic N) is 1. The zero-order valence-corrected chi connectivity index (χ0v) is 13.1. The van der Waals surface area contributed by atoms with Crippen molar-refractivity contribution < 1.29 is 4.74 Å². The largest absolute Gasteiger partial charge is 0.496 e. The number of rotatable bonds is 3. The van der Waals surface area contributed by atoms with E-state index in [0.29, 0.717) is 6.04 Å². The van der Waals surface area contributed by atoms with Crippen molar-refractivity contribution >= 4 is 27.3 Å². The molecule has 3 nitrogen and oxygen atoms in total. The van der Waals surface area contributed by atoms with Crippen LogP contribution in [0.5, 0.6) is 5.75 Å². The third-order valence-electron chi connectivity index (χ3n) is 3.34. The molecular formula is C14H15BrN2OS. The van der Waals surface area contributed by atoms with Gasteiger partial charge in [0, 0.05) is 10.9 Å². The van der Waals surface area contributed by atoms with Gasteiger partial charge in [-0.15, -0.1) is 11.3 Å². The first-order valence-electron chi connectivity index (χ1n) is 6.30. The fourth-order valence-electron chi connectivity index (χ4n) is 2.32. The summed E-state index contributed by atoms with van der Waals surface area (Å²) < 4.78 is 6.21. The fourth-order valence-corrected chi connectivity index (χ4v) is 3.73. The first-order chi connectivity index (χ1) is 9.28. The van der Waals surface area contributed by atoms with E-state index < -0.39 is 0 Å². The maximum atomic E-state index is 5.25. The molecule has 0 saturated carbocycles. The molecule has 1 aromatic carbocycles. The second-order valence-corrected chi connectivity index (χ2v) is 6.29. The molecule has 0 radical (unpaired) electrons. The summed E-state index contributed by atoms with van der Waals surface area (Å²) in [5.41, 5.74) is 2.30. The molecule has 3 rings (SSSR count). The van der Waals surface area contributed by atoms with E-state index in [1.807, 2.05) is 12.1 Å². The van der Waals surface area contributed by atoms with E-state index in [0.717, 1.165) is 27.3 Å². The van der Waals surface area contributed by atoms with Crippen LogP contribution in [0.2, 0.25) is 0 Å². The molecule has 2 aromatic rings. The van der Waals surface area contributed by atoms with E-state index >= 15 is 0 Å². The summed E-state index contributed by atoms with van der Waals surface area (Å²) in [5, 5.41) is 6.71. The number of thiazole rings is 1. The molecule has 100 valence electrons. The highest BCUT2D eigenvalue weighted by Gasteiger charge is 2.19. The van der Waals surface area contributed by atoms with Gasteiger partial charge in [-0.1, -0.05) is 0 Å². The average molecular weight is 339 g/mol. The predicted molar refractivity (Wildman–Crippen MR) is 81.8 cm³/mol. The van der Waals surface area contributed by atoms with E-state index in [2.05, 4.69) is 32.7 Å². The Morgan fingerprint density at radius 1 is 1.47 bits per heavy atom. The Labute approximate surface area is 125 Å². The number of aromatic nitrogens is 1. The summed E-state index contributed by atoms with van der Waals surface area (Å²) in [6.45, 7) is 1.10. The number of nitrogens with one attached hydrogen (secondary N) is 1. The van der Waals surface area contributed by atoms with Crippen LogP contribution in [0.3, 0.4) is 0 Å². The molecule has 1 fully saturated rings. The van der Waals surface area contributed by atoms with Crippen LogP contribution < -0.4 is 10.1 Å². The third kappa shape index (κ3) is 2.68. The van der Waals surface area contributed by atoms with Gasteiger partial charge in [0.1, 0.15) is 10.8 Å². The predicted octanol–water partition coefficient (Wildman–Crippen LogP) is 4.01. The number of hydrogen-bond donors (Lipinski definition) is 1. The van der Waals surface area contributed by atoms with Gasteiger partial charge in [-0.2, -0.15) is 0 Å². The van der Waals surface area contributed by atoms with Crippen LogP contribution in [-0.4, -0.2) is 18.6 Å². The van der Waals surface area contributed by atoms with Gasteiger partial charge >= 0.3 is 0 Å². The molecule has 19 heavy (non-hydrogen) atoms. The summed E-state index contributed by atoms with van der Waals surface area (Å²) in [7, 11) is 1.67. The van der Waals surface area contributed by atoms with Gasteiger partial charge in [0.05, 0.1) is 23.3 Å².